The molecule has 3 nitrogen and oxygen atoms in total. The Balaban J connectivity index is 1.25. The first kappa shape index (κ1) is 27.9. The van der Waals surface area contributed by atoms with Gasteiger partial charge in [-0.3, -0.25) is 5.32 Å². The minimum Gasteiger partial charge on any atom is -0.350 e. The molecule has 2 aliphatic heterocycles. The summed E-state index contributed by atoms with van der Waals surface area (Å²) in [4.78, 5) is 7.94. The van der Waals surface area contributed by atoms with E-state index < -0.39 is 0 Å². The maximum Gasteiger partial charge on any atom is 0.132 e. The fraction of sp³-hybridized carbons (Fsp3) is 0.0465. The molecular weight excluding hydrogens is 591 g/mol. The Kier molecular flexibility index (Phi) is 6.96. The average molecular weight is 622 g/mol. The van der Waals surface area contributed by atoms with E-state index in [4.69, 9.17) is 4.99 Å². The Morgan fingerprint density at radius 1 is 0.468 bits per heavy atom. The van der Waals surface area contributed by atoms with E-state index in [0.717, 1.165) is 17.0 Å². The van der Waals surface area contributed by atoms with Crippen molar-refractivity contribution in [2.75, 3.05) is 0 Å². The van der Waals surface area contributed by atoms with Gasteiger partial charge in [-0.05, 0) is 73.5 Å². The second-order valence-electron chi connectivity index (χ2n) is 12.0. The van der Waals surface area contributed by atoms with Crippen LogP contribution in [0, 0.1) is 0 Å². The zero-order valence-electron chi connectivity index (χ0n) is 25.6. The highest BCUT2D eigenvalue weighted by molar-refractivity contribution is 7.99. The van der Waals surface area contributed by atoms with Gasteiger partial charge in [0.2, 0.25) is 0 Å². The van der Waals surface area contributed by atoms with Crippen LogP contribution in [0.4, 0.5) is 0 Å². The topological polar surface area (TPSA) is 36.4 Å². The first-order chi connectivity index (χ1) is 23.3. The molecule has 0 bridgehead atoms. The van der Waals surface area contributed by atoms with E-state index in [0.29, 0.717) is 0 Å². The molecule has 0 amide bonds. The third-order valence-electron chi connectivity index (χ3n) is 9.18. The SMILES string of the molecule is c1ccc(-c2cccc(C3N=C(c4ccc5c6c(cccc46)-c4ccccc4Sc4ccccc4-5)NC(c4ccccc4)N3)c2)cc1. The number of hydrogen-bond acceptors (Lipinski definition) is 4. The molecule has 0 fully saturated rings. The molecule has 224 valence electrons. The van der Waals surface area contributed by atoms with Crippen molar-refractivity contribution in [2.24, 2.45) is 4.99 Å². The molecule has 0 saturated heterocycles. The number of rotatable bonds is 4. The minimum atomic E-state index is -0.241. The Hall–Kier alpha value is -5.42. The van der Waals surface area contributed by atoms with Crippen LogP contribution < -0.4 is 10.6 Å². The normalized spacial score (nSPS) is 16.6. The van der Waals surface area contributed by atoms with Crippen LogP contribution in [0.15, 0.2) is 179 Å². The fourth-order valence-electron chi connectivity index (χ4n) is 6.94. The van der Waals surface area contributed by atoms with Crippen molar-refractivity contribution >= 4 is 28.4 Å². The average Bonchev–Trinajstić information content (AvgIpc) is 3.15. The van der Waals surface area contributed by atoms with E-state index in [9.17, 15) is 0 Å². The Morgan fingerprint density at radius 3 is 1.81 bits per heavy atom. The van der Waals surface area contributed by atoms with Crippen molar-refractivity contribution in [3.8, 4) is 33.4 Å². The molecule has 47 heavy (non-hydrogen) atoms. The van der Waals surface area contributed by atoms with Gasteiger partial charge in [0.05, 0.1) is 0 Å². The number of aliphatic imine (C=N–C) groups is 1. The molecule has 9 rings (SSSR count). The van der Waals surface area contributed by atoms with E-state index in [-0.39, 0.29) is 12.3 Å². The van der Waals surface area contributed by atoms with Crippen LogP contribution in [0.3, 0.4) is 0 Å². The number of nitrogens with zero attached hydrogens (tertiary/aromatic N) is 1. The molecule has 0 radical (unpaired) electrons. The fourth-order valence-corrected chi connectivity index (χ4v) is 8.04. The highest BCUT2D eigenvalue weighted by Crippen LogP contribution is 2.48. The van der Waals surface area contributed by atoms with Crippen molar-refractivity contribution in [2.45, 2.75) is 22.1 Å². The van der Waals surface area contributed by atoms with Gasteiger partial charge in [-0.1, -0.05) is 157 Å². The lowest BCUT2D eigenvalue weighted by atomic mass is 9.88. The lowest BCUT2D eigenvalue weighted by Crippen LogP contribution is -2.45. The summed E-state index contributed by atoms with van der Waals surface area (Å²) in [6, 6.07) is 58.7. The van der Waals surface area contributed by atoms with Crippen molar-refractivity contribution in [1.82, 2.24) is 10.6 Å². The molecule has 7 aromatic rings. The molecule has 0 saturated carbocycles. The smallest absolute Gasteiger partial charge is 0.132 e. The van der Waals surface area contributed by atoms with Gasteiger partial charge < -0.3 is 5.32 Å². The number of benzene rings is 7. The first-order valence-electron chi connectivity index (χ1n) is 16.0. The van der Waals surface area contributed by atoms with Crippen molar-refractivity contribution in [1.29, 1.82) is 0 Å². The molecule has 2 atom stereocenters. The van der Waals surface area contributed by atoms with Crippen molar-refractivity contribution in [3.05, 3.63) is 180 Å². The molecule has 0 spiro atoms. The van der Waals surface area contributed by atoms with Gasteiger partial charge in [0.25, 0.3) is 0 Å². The summed E-state index contributed by atoms with van der Waals surface area (Å²) in [5.41, 5.74) is 10.8. The Labute approximate surface area is 279 Å². The summed E-state index contributed by atoms with van der Waals surface area (Å²) in [6.45, 7) is 0. The van der Waals surface area contributed by atoms with E-state index in [2.05, 4.69) is 174 Å². The number of hydrogen-bond donors (Lipinski definition) is 2. The van der Waals surface area contributed by atoms with Crippen LogP contribution in [0.2, 0.25) is 0 Å². The molecule has 4 heteroatoms. The van der Waals surface area contributed by atoms with Crippen LogP contribution in [0.5, 0.6) is 0 Å². The van der Waals surface area contributed by atoms with Gasteiger partial charge in [0.1, 0.15) is 18.2 Å². The predicted octanol–water partition coefficient (Wildman–Crippen LogP) is 10.6. The zero-order chi connectivity index (χ0) is 31.2. The summed E-state index contributed by atoms with van der Waals surface area (Å²) in [5, 5.41) is 10.0. The standard InChI is InChI=1S/C43H31N3S/c1-3-13-28(14-4-1)30-17-11-18-31(27-30)42-44-41(29-15-5-2-6-16-29)45-43(46-42)37-26-25-36-33-20-8-10-24-39(33)47-38-23-9-7-19-32(38)34-21-12-22-35(37)40(34)36/h1-27,41-42,44H,(H,45,46). The monoisotopic (exact) mass is 621 g/mol. The van der Waals surface area contributed by atoms with E-state index in [1.807, 2.05) is 11.8 Å². The third kappa shape index (κ3) is 5.03. The number of nitrogens with one attached hydrogen (secondary N) is 2. The maximum absolute atomic E-state index is 5.41. The minimum absolute atomic E-state index is 0.122. The number of fused-ring (bicyclic) bond motifs is 4. The highest BCUT2D eigenvalue weighted by atomic mass is 32.2. The van der Waals surface area contributed by atoms with E-state index in [1.54, 1.807) is 0 Å². The second kappa shape index (κ2) is 11.7. The Morgan fingerprint density at radius 2 is 1.04 bits per heavy atom. The zero-order valence-corrected chi connectivity index (χ0v) is 26.4. The lowest BCUT2D eigenvalue weighted by molar-refractivity contribution is 0.409. The quantitative estimate of drug-likeness (QED) is 0.205. The van der Waals surface area contributed by atoms with Crippen LogP contribution >= 0.6 is 11.8 Å². The van der Waals surface area contributed by atoms with Crippen molar-refractivity contribution in [3.63, 3.8) is 0 Å². The van der Waals surface area contributed by atoms with Gasteiger partial charge in [-0.15, -0.1) is 0 Å². The molecular formula is C43H31N3S. The van der Waals surface area contributed by atoms with Crippen LogP contribution in [0.1, 0.15) is 29.0 Å². The molecule has 2 unspecified atom stereocenters. The molecule has 2 aliphatic rings. The number of amidine groups is 1. The second-order valence-corrected chi connectivity index (χ2v) is 13.1. The third-order valence-corrected chi connectivity index (χ3v) is 10.3. The lowest BCUT2D eigenvalue weighted by Gasteiger charge is -2.33. The largest absolute Gasteiger partial charge is 0.350 e. The first-order valence-corrected chi connectivity index (χ1v) is 16.9. The predicted molar refractivity (Wildman–Crippen MR) is 196 cm³/mol. The van der Waals surface area contributed by atoms with Gasteiger partial charge in [-0.25, -0.2) is 4.99 Å². The van der Waals surface area contributed by atoms with E-state index >= 15 is 0 Å². The van der Waals surface area contributed by atoms with E-state index in [1.165, 1.54) is 59.5 Å². The van der Waals surface area contributed by atoms with Crippen LogP contribution in [-0.4, -0.2) is 5.84 Å². The maximum atomic E-state index is 5.41. The summed E-state index contributed by atoms with van der Waals surface area (Å²) >= 11 is 1.85. The summed E-state index contributed by atoms with van der Waals surface area (Å²) < 4.78 is 0. The molecule has 7 aromatic carbocycles. The van der Waals surface area contributed by atoms with Gasteiger partial charge in [-0.2, -0.15) is 0 Å². The molecule has 2 heterocycles. The summed E-state index contributed by atoms with van der Waals surface area (Å²) in [7, 11) is 0. The van der Waals surface area contributed by atoms with Gasteiger partial charge >= 0.3 is 0 Å². The molecule has 2 N–H and O–H groups in total. The molecule has 0 aliphatic carbocycles. The van der Waals surface area contributed by atoms with Gasteiger partial charge in [0.15, 0.2) is 0 Å². The summed E-state index contributed by atoms with van der Waals surface area (Å²) in [5.74, 6) is 0.884. The van der Waals surface area contributed by atoms with Crippen LogP contribution in [-0.2, 0) is 0 Å². The summed E-state index contributed by atoms with van der Waals surface area (Å²) in [6.07, 6.45) is -0.363. The van der Waals surface area contributed by atoms with Gasteiger partial charge in [0, 0.05) is 15.4 Å². The molecule has 0 aromatic heterocycles. The Bertz CT molecular complexity index is 2240. The highest BCUT2D eigenvalue weighted by Gasteiger charge is 2.28. The van der Waals surface area contributed by atoms with Crippen molar-refractivity contribution < 1.29 is 0 Å². The van der Waals surface area contributed by atoms with Crippen LogP contribution in [0.25, 0.3) is 44.2 Å².